The molecule has 2 aromatic rings. The van der Waals surface area contributed by atoms with Gasteiger partial charge in [0, 0.05) is 8.59 Å². The Kier molecular flexibility index (Phi) is 5.15. The van der Waals surface area contributed by atoms with Crippen LogP contribution in [0.3, 0.4) is 0 Å². The Morgan fingerprint density at radius 1 is 1.16 bits per heavy atom. The molecule has 0 aliphatic carbocycles. The van der Waals surface area contributed by atoms with E-state index in [-0.39, 0.29) is 4.83 Å². The van der Waals surface area contributed by atoms with Gasteiger partial charge in [0.2, 0.25) is 0 Å². The van der Waals surface area contributed by atoms with E-state index in [9.17, 15) is 0 Å². The van der Waals surface area contributed by atoms with Crippen LogP contribution in [0.1, 0.15) is 21.5 Å². The number of halogens is 3. The monoisotopic (exact) mass is 450 g/mol. The minimum Gasteiger partial charge on any atom is -0.497 e. The van der Waals surface area contributed by atoms with Crippen LogP contribution in [0.2, 0.25) is 5.02 Å². The molecule has 4 heteroatoms. The van der Waals surface area contributed by atoms with E-state index < -0.39 is 0 Å². The van der Waals surface area contributed by atoms with Crippen LogP contribution in [0.5, 0.6) is 5.75 Å². The number of rotatable bonds is 3. The van der Waals surface area contributed by atoms with Gasteiger partial charge in [-0.15, -0.1) is 0 Å². The Balaban J connectivity index is 2.43. The van der Waals surface area contributed by atoms with Gasteiger partial charge in [-0.1, -0.05) is 33.6 Å². The fourth-order valence-electron chi connectivity index (χ4n) is 1.94. The zero-order valence-corrected chi connectivity index (χ0v) is 15.1. The highest BCUT2D eigenvalue weighted by molar-refractivity contribution is 14.1. The highest BCUT2D eigenvalue weighted by Gasteiger charge is 2.16. The number of benzene rings is 2. The first kappa shape index (κ1) is 15.1. The standard InChI is InChI=1S/C15H13BrClIO/c1-9-7-11(19-2)4-5-12(9)15(16)13-8-10(17)3-6-14(13)18/h3-8,15H,1-2H3. The largest absolute Gasteiger partial charge is 0.497 e. The SMILES string of the molecule is COc1ccc(C(Br)c2cc(Cl)ccc2I)c(C)c1. The van der Waals surface area contributed by atoms with Crippen LogP contribution in [0.25, 0.3) is 0 Å². The fraction of sp³-hybridized carbons (Fsp3) is 0.200. The molecule has 0 N–H and O–H groups in total. The average Bonchev–Trinajstić information content (AvgIpc) is 2.40. The van der Waals surface area contributed by atoms with Crippen LogP contribution in [0, 0.1) is 10.5 Å². The van der Waals surface area contributed by atoms with Gasteiger partial charge in [-0.05, 0) is 76.5 Å². The zero-order chi connectivity index (χ0) is 14.0. The zero-order valence-electron chi connectivity index (χ0n) is 10.6. The first-order valence-corrected chi connectivity index (χ1v) is 8.13. The molecule has 1 unspecified atom stereocenters. The van der Waals surface area contributed by atoms with Gasteiger partial charge in [0.05, 0.1) is 11.9 Å². The van der Waals surface area contributed by atoms with Crippen LogP contribution in [0.15, 0.2) is 36.4 Å². The van der Waals surface area contributed by atoms with E-state index in [2.05, 4.69) is 51.5 Å². The smallest absolute Gasteiger partial charge is 0.119 e. The van der Waals surface area contributed by atoms with Gasteiger partial charge in [-0.2, -0.15) is 0 Å². The Morgan fingerprint density at radius 2 is 1.89 bits per heavy atom. The molecule has 100 valence electrons. The molecule has 0 spiro atoms. The Morgan fingerprint density at radius 3 is 2.53 bits per heavy atom. The van der Waals surface area contributed by atoms with Crippen LogP contribution < -0.4 is 4.74 Å². The molecule has 2 rings (SSSR count). The van der Waals surface area contributed by atoms with Crippen molar-refractivity contribution in [1.29, 1.82) is 0 Å². The normalized spacial score (nSPS) is 12.3. The topological polar surface area (TPSA) is 9.23 Å². The molecule has 19 heavy (non-hydrogen) atoms. The third kappa shape index (κ3) is 3.44. The lowest BCUT2D eigenvalue weighted by Crippen LogP contribution is -1.99. The number of aryl methyl sites for hydroxylation is 1. The summed E-state index contributed by atoms with van der Waals surface area (Å²) in [5.41, 5.74) is 3.60. The van der Waals surface area contributed by atoms with E-state index in [0.29, 0.717) is 0 Å². The fourth-order valence-corrected chi connectivity index (χ4v) is 4.08. The highest BCUT2D eigenvalue weighted by Crippen LogP contribution is 2.37. The van der Waals surface area contributed by atoms with Gasteiger partial charge in [0.25, 0.3) is 0 Å². The van der Waals surface area contributed by atoms with Gasteiger partial charge in [0.15, 0.2) is 0 Å². The van der Waals surface area contributed by atoms with E-state index in [0.717, 1.165) is 10.8 Å². The number of methoxy groups -OCH3 is 1. The summed E-state index contributed by atoms with van der Waals surface area (Å²) in [5, 5.41) is 0.756. The first-order valence-electron chi connectivity index (χ1n) is 5.76. The molecule has 0 saturated carbocycles. The lowest BCUT2D eigenvalue weighted by molar-refractivity contribution is 0.414. The van der Waals surface area contributed by atoms with Crippen molar-refractivity contribution in [2.24, 2.45) is 0 Å². The second-order valence-electron chi connectivity index (χ2n) is 4.25. The second-order valence-corrected chi connectivity index (χ2v) is 6.77. The lowest BCUT2D eigenvalue weighted by Gasteiger charge is -2.16. The maximum Gasteiger partial charge on any atom is 0.119 e. The summed E-state index contributed by atoms with van der Waals surface area (Å²) in [5.74, 6) is 0.877. The predicted octanol–water partition coefficient (Wildman–Crippen LogP) is 5.75. The molecule has 0 fully saturated rings. The average molecular weight is 452 g/mol. The third-order valence-corrected chi connectivity index (χ3v) is 5.19. The van der Waals surface area contributed by atoms with Gasteiger partial charge in [0.1, 0.15) is 5.75 Å². The van der Waals surface area contributed by atoms with Crippen molar-refractivity contribution in [2.45, 2.75) is 11.8 Å². The van der Waals surface area contributed by atoms with Crippen molar-refractivity contribution in [3.8, 4) is 5.75 Å². The molecule has 1 atom stereocenters. The molecule has 2 aromatic carbocycles. The van der Waals surface area contributed by atoms with Gasteiger partial charge in [-0.25, -0.2) is 0 Å². The van der Waals surface area contributed by atoms with Crippen molar-refractivity contribution in [3.05, 3.63) is 61.7 Å². The summed E-state index contributed by atoms with van der Waals surface area (Å²) in [6.45, 7) is 2.09. The molecule has 0 amide bonds. The maximum atomic E-state index is 6.09. The minimum atomic E-state index is 0.129. The van der Waals surface area contributed by atoms with Gasteiger partial charge < -0.3 is 4.74 Å². The summed E-state index contributed by atoms with van der Waals surface area (Å²) < 4.78 is 6.43. The van der Waals surface area contributed by atoms with Crippen LogP contribution in [0.4, 0.5) is 0 Å². The Bertz CT molecular complexity index is 601. The van der Waals surface area contributed by atoms with Gasteiger partial charge in [-0.3, -0.25) is 0 Å². The molecular formula is C15H13BrClIO. The van der Waals surface area contributed by atoms with E-state index in [1.165, 1.54) is 20.3 Å². The maximum absolute atomic E-state index is 6.09. The first-order chi connectivity index (χ1) is 9.02. The summed E-state index contributed by atoms with van der Waals surface area (Å²) in [6, 6.07) is 12.1. The quantitative estimate of drug-likeness (QED) is 0.427. The molecule has 0 aliphatic rings. The highest BCUT2D eigenvalue weighted by atomic mass is 127. The second kappa shape index (κ2) is 6.46. The third-order valence-electron chi connectivity index (χ3n) is 2.98. The number of ether oxygens (including phenoxy) is 1. The molecule has 0 aliphatic heterocycles. The van der Waals surface area contributed by atoms with Crippen molar-refractivity contribution in [1.82, 2.24) is 0 Å². The summed E-state index contributed by atoms with van der Waals surface area (Å²) in [6.07, 6.45) is 0. The number of alkyl halides is 1. The van der Waals surface area contributed by atoms with Crippen molar-refractivity contribution in [2.75, 3.05) is 7.11 Å². The summed E-state index contributed by atoms with van der Waals surface area (Å²) >= 11 is 12.2. The van der Waals surface area contributed by atoms with Gasteiger partial charge >= 0.3 is 0 Å². The molecule has 0 aromatic heterocycles. The Hall–Kier alpha value is -0.260. The molecular weight excluding hydrogens is 438 g/mol. The van der Waals surface area contributed by atoms with Crippen LogP contribution in [-0.2, 0) is 0 Å². The minimum absolute atomic E-state index is 0.129. The molecule has 0 saturated heterocycles. The van der Waals surface area contributed by atoms with Crippen molar-refractivity contribution < 1.29 is 4.74 Å². The van der Waals surface area contributed by atoms with Crippen LogP contribution >= 0.6 is 50.1 Å². The van der Waals surface area contributed by atoms with Crippen LogP contribution in [-0.4, -0.2) is 7.11 Å². The Labute approximate surface area is 140 Å². The predicted molar refractivity (Wildman–Crippen MR) is 92.7 cm³/mol. The molecule has 0 heterocycles. The van der Waals surface area contributed by atoms with Crippen molar-refractivity contribution in [3.63, 3.8) is 0 Å². The van der Waals surface area contributed by atoms with E-state index >= 15 is 0 Å². The van der Waals surface area contributed by atoms with E-state index in [4.69, 9.17) is 16.3 Å². The lowest BCUT2D eigenvalue weighted by atomic mass is 10.0. The van der Waals surface area contributed by atoms with E-state index in [1.54, 1.807) is 7.11 Å². The van der Waals surface area contributed by atoms with E-state index in [1.807, 2.05) is 30.3 Å². The number of hydrogen-bond donors (Lipinski definition) is 0. The summed E-state index contributed by atoms with van der Waals surface area (Å²) in [7, 11) is 1.68. The molecule has 0 radical (unpaired) electrons. The molecule has 0 bridgehead atoms. The van der Waals surface area contributed by atoms with Crippen molar-refractivity contribution >= 4 is 50.1 Å². The summed E-state index contributed by atoms with van der Waals surface area (Å²) in [4.78, 5) is 0.129. The molecule has 1 nitrogen and oxygen atoms in total. The number of hydrogen-bond acceptors (Lipinski definition) is 1.